The summed E-state index contributed by atoms with van der Waals surface area (Å²) in [5.74, 6) is 1.11. The molecule has 0 aliphatic heterocycles. The van der Waals surface area contributed by atoms with Crippen LogP contribution in [-0.4, -0.2) is 26.8 Å². The predicted octanol–water partition coefficient (Wildman–Crippen LogP) is 1.25. The minimum atomic E-state index is -0.229. The van der Waals surface area contributed by atoms with Crippen molar-refractivity contribution in [2.24, 2.45) is 11.1 Å². The van der Waals surface area contributed by atoms with Gasteiger partial charge in [0.05, 0.1) is 5.84 Å². The van der Waals surface area contributed by atoms with E-state index in [2.05, 4.69) is 15.2 Å². The Morgan fingerprint density at radius 3 is 2.93 bits per heavy atom. The Kier molecular flexibility index (Phi) is 3.51. The third-order valence-corrected chi connectivity index (χ3v) is 2.97. The number of aromatic nitrogens is 3. The number of nitrogens with one attached hydrogen (secondary N) is 2. The van der Waals surface area contributed by atoms with E-state index in [9.17, 15) is 0 Å². The second-order valence-corrected chi connectivity index (χ2v) is 4.77. The summed E-state index contributed by atoms with van der Waals surface area (Å²) in [7, 11) is 0. The second kappa shape index (κ2) is 4.45. The van der Waals surface area contributed by atoms with Crippen LogP contribution in [0.15, 0.2) is 11.5 Å². The number of nitrogens with zero attached hydrogens (tertiary/aromatic N) is 2. The molecule has 0 amide bonds. The third-order valence-electron chi connectivity index (χ3n) is 2.09. The van der Waals surface area contributed by atoms with Gasteiger partial charge in [-0.15, -0.1) is 0 Å². The van der Waals surface area contributed by atoms with Crippen molar-refractivity contribution in [2.75, 3.05) is 5.75 Å². The summed E-state index contributed by atoms with van der Waals surface area (Å²) in [5.41, 5.74) is 5.24. The summed E-state index contributed by atoms with van der Waals surface area (Å²) in [6.45, 7) is 3.94. The lowest BCUT2D eigenvalue weighted by Gasteiger charge is -2.21. The number of hydrogen-bond acceptors (Lipinski definition) is 4. The molecule has 0 aliphatic carbocycles. The zero-order valence-electron chi connectivity index (χ0n) is 8.37. The molecule has 0 unspecified atom stereocenters. The van der Waals surface area contributed by atoms with E-state index in [4.69, 9.17) is 11.1 Å². The Bertz CT molecular complexity index is 293. The van der Waals surface area contributed by atoms with Crippen LogP contribution in [0.2, 0.25) is 0 Å². The van der Waals surface area contributed by atoms with Gasteiger partial charge in [0.2, 0.25) is 0 Å². The van der Waals surface area contributed by atoms with Gasteiger partial charge in [0.1, 0.15) is 6.33 Å². The smallest absolute Gasteiger partial charge is 0.183 e. The van der Waals surface area contributed by atoms with Gasteiger partial charge >= 0.3 is 0 Å². The maximum Gasteiger partial charge on any atom is 0.183 e. The number of aromatic amines is 1. The van der Waals surface area contributed by atoms with Crippen LogP contribution in [0.4, 0.5) is 0 Å². The van der Waals surface area contributed by atoms with Gasteiger partial charge in [0, 0.05) is 11.2 Å². The van der Waals surface area contributed by atoms with Crippen LogP contribution >= 0.6 is 11.8 Å². The summed E-state index contributed by atoms with van der Waals surface area (Å²) >= 11 is 1.59. The molecule has 5 nitrogen and oxygen atoms in total. The van der Waals surface area contributed by atoms with Gasteiger partial charge in [-0.2, -0.15) is 5.10 Å². The summed E-state index contributed by atoms with van der Waals surface area (Å²) in [4.78, 5) is 3.99. The van der Waals surface area contributed by atoms with Crippen LogP contribution in [0, 0.1) is 10.8 Å². The predicted molar refractivity (Wildman–Crippen MR) is 57.4 cm³/mol. The van der Waals surface area contributed by atoms with Crippen LogP contribution in [0.3, 0.4) is 0 Å². The van der Waals surface area contributed by atoms with E-state index in [1.807, 2.05) is 13.8 Å². The molecule has 0 aromatic carbocycles. The largest absolute Gasteiger partial charge is 0.387 e. The Hall–Kier alpha value is -1.04. The maximum absolute atomic E-state index is 7.38. The molecule has 0 saturated carbocycles. The molecular weight excluding hydrogens is 198 g/mol. The van der Waals surface area contributed by atoms with Crippen LogP contribution in [0.5, 0.6) is 0 Å². The molecule has 1 aromatic heterocycles. The molecule has 0 spiro atoms. The Labute approximate surface area is 87.4 Å². The first-order chi connectivity index (χ1) is 6.52. The molecule has 0 bridgehead atoms. The highest BCUT2D eigenvalue weighted by Crippen LogP contribution is 2.24. The van der Waals surface area contributed by atoms with Crippen LogP contribution in [0.1, 0.15) is 20.3 Å². The molecule has 0 fully saturated rings. The average molecular weight is 213 g/mol. The standard InChI is InChI=1S/C8H15N5S/c1-8(2,6(9)10)3-4-14-7-11-5-12-13-7/h5H,3-4H2,1-2H3,(H3,9,10)(H,11,12,13). The van der Waals surface area contributed by atoms with Crippen molar-refractivity contribution in [1.29, 1.82) is 5.41 Å². The molecule has 14 heavy (non-hydrogen) atoms. The first-order valence-corrected chi connectivity index (χ1v) is 5.33. The van der Waals surface area contributed by atoms with Crippen molar-refractivity contribution in [3.8, 4) is 0 Å². The fourth-order valence-corrected chi connectivity index (χ4v) is 1.85. The van der Waals surface area contributed by atoms with E-state index in [0.717, 1.165) is 17.3 Å². The lowest BCUT2D eigenvalue weighted by molar-refractivity contribution is 0.500. The number of amidine groups is 1. The van der Waals surface area contributed by atoms with E-state index in [1.165, 1.54) is 6.33 Å². The number of thioether (sulfide) groups is 1. The summed E-state index contributed by atoms with van der Waals surface area (Å²) in [6, 6.07) is 0. The van der Waals surface area contributed by atoms with Crippen molar-refractivity contribution in [2.45, 2.75) is 25.4 Å². The maximum atomic E-state index is 7.38. The minimum Gasteiger partial charge on any atom is -0.387 e. The highest BCUT2D eigenvalue weighted by Gasteiger charge is 2.21. The van der Waals surface area contributed by atoms with Gasteiger partial charge in [-0.05, 0) is 6.42 Å². The highest BCUT2D eigenvalue weighted by atomic mass is 32.2. The molecule has 0 aliphatic rings. The normalized spacial score (nSPS) is 11.6. The first-order valence-electron chi connectivity index (χ1n) is 4.35. The zero-order valence-corrected chi connectivity index (χ0v) is 9.19. The molecule has 1 aromatic rings. The minimum absolute atomic E-state index is 0.229. The van der Waals surface area contributed by atoms with Gasteiger partial charge < -0.3 is 5.73 Å². The molecule has 0 saturated heterocycles. The van der Waals surface area contributed by atoms with Crippen molar-refractivity contribution in [3.05, 3.63) is 6.33 Å². The van der Waals surface area contributed by atoms with Gasteiger partial charge in [0.15, 0.2) is 5.16 Å². The zero-order chi connectivity index (χ0) is 10.6. The summed E-state index contributed by atoms with van der Waals surface area (Å²) < 4.78 is 0. The molecule has 0 atom stereocenters. The Balaban J connectivity index is 2.31. The summed E-state index contributed by atoms with van der Waals surface area (Å²) in [5, 5.41) is 14.7. The van der Waals surface area contributed by atoms with Crippen LogP contribution < -0.4 is 5.73 Å². The topological polar surface area (TPSA) is 91.4 Å². The Morgan fingerprint density at radius 1 is 1.71 bits per heavy atom. The third kappa shape index (κ3) is 3.02. The quantitative estimate of drug-likeness (QED) is 0.390. The molecule has 0 radical (unpaired) electrons. The SMILES string of the molecule is CC(C)(CCSc1ncn[nH]1)C(=N)N. The van der Waals surface area contributed by atoms with Gasteiger partial charge in [-0.3, -0.25) is 10.5 Å². The van der Waals surface area contributed by atoms with Crippen LogP contribution in [-0.2, 0) is 0 Å². The van der Waals surface area contributed by atoms with E-state index in [0.29, 0.717) is 0 Å². The lowest BCUT2D eigenvalue weighted by Crippen LogP contribution is -2.31. The average Bonchev–Trinajstić information content (AvgIpc) is 2.56. The van der Waals surface area contributed by atoms with E-state index in [-0.39, 0.29) is 11.3 Å². The van der Waals surface area contributed by atoms with E-state index >= 15 is 0 Å². The van der Waals surface area contributed by atoms with Crippen molar-refractivity contribution >= 4 is 17.6 Å². The molecule has 1 rings (SSSR count). The van der Waals surface area contributed by atoms with Gasteiger partial charge in [0.25, 0.3) is 0 Å². The number of rotatable bonds is 5. The van der Waals surface area contributed by atoms with E-state index < -0.39 is 0 Å². The fourth-order valence-electron chi connectivity index (χ4n) is 0.801. The van der Waals surface area contributed by atoms with Crippen molar-refractivity contribution in [1.82, 2.24) is 15.2 Å². The number of hydrogen-bond donors (Lipinski definition) is 3. The van der Waals surface area contributed by atoms with Crippen molar-refractivity contribution < 1.29 is 0 Å². The molecule has 1 heterocycles. The highest BCUT2D eigenvalue weighted by molar-refractivity contribution is 7.99. The second-order valence-electron chi connectivity index (χ2n) is 3.69. The fraction of sp³-hybridized carbons (Fsp3) is 0.625. The summed E-state index contributed by atoms with van der Waals surface area (Å²) in [6.07, 6.45) is 2.34. The lowest BCUT2D eigenvalue weighted by atomic mass is 9.89. The molecule has 4 N–H and O–H groups in total. The number of nitrogens with two attached hydrogens (primary N) is 1. The van der Waals surface area contributed by atoms with Crippen molar-refractivity contribution in [3.63, 3.8) is 0 Å². The van der Waals surface area contributed by atoms with E-state index in [1.54, 1.807) is 11.8 Å². The number of H-pyrrole nitrogens is 1. The monoisotopic (exact) mass is 213 g/mol. The van der Waals surface area contributed by atoms with Gasteiger partial charge in [-0.25, -0.2) is 4.98 Å². The van der Waals surface area contributed by atoms with Crippen LogP contribution in [0.25, 0.3) is 0 Å². The van der Waals surface area contributed by atoms with Gasteiger partial charge in [-0.1, -0.05) is 25.6 Å². The molecular formula is C8H15N5S. The molecule has 78 valence electrons. The Morgan fingerprint density at radius 2 is 2.43 bits per heavy atom. The molecule has 6 heteroatoms. The first kappa shape index (κ1) is 11.0.